The lowest BCUT2D eigenvalue weighted by Crippen LogP contribution is -2.24. The molecule has 2 nitrogen and oxygen atoms in total. The summed E-state index contributed by atoms with van der Waals surface area (Å²) in [4.78, 5) is 2.45. The molecule has 1 rings (SSSR count). The second-order valence-corrected chi connectivity index (χ2v) is 3.24. The topological polar surface area (TPSA) is 12.5 Å². The molecule has 70 valence electrons. The predicted molar refractivity (Wildman–Crippen MR) is 51.3 cm³/mol. The van der Waals surface area contributed by atoms with Gasteiger partial charge in [0.1, 0.15) is 0 Å². The highest BCUT2D eigenvalue weighted by Gasteiger charge is 2.21. The van der Waals surface area contributed by atoms with Crippen LogP contribution in [0.2, 0.25) is 0 Å². The lowest BCUT2D eigenvalue weighted by atomic mass is 10.3. The molecule has 1 aliphatic heterocycles. The maximum Gasteiger partial charge on any atom is 0.0714 e. The minimum absolute atomic E-state index is 0.486. The van der Waals surface area contributed by atoms with Crippen molar-refractivity contribution in [3.63, 3.8) is 0 Å². The van der Waals surface area contributed by atoms with Crippen LogP contribution in [0.15, 0.2) is 12.7 Å². The maximum absolute atomic E-state index is 5.55. The van der Waals surface area contributed by atoms with Crippen LogP contribution in [0.1, 0.15) is 19.8 Å². The van der Waals surface area contributed by atoms with Crippen molar-refractivity contribution in [3.05, 3.63) is 12.7 Å². The highest BCUT2D eigenvalue weighted by Crippen LogP contribution is 2.12. The van der Waals surface area contributed by atoms with Gasteiger partial charge in [0.25, 0.3) is 0 Å². The van der Waals surface area contributed by atoms with Crippen molar-refractivity contribution in [2.24, 2.45) is 0 Å². The Morgan fingerprint density at radius 2 is 2.50 bits per heavy atom. The second kappa shape index (κ2) is 5.33. The van der Waals surface area contributed by atoms with Gasteiger partial charge in [-0.2, -0.15) is 0 Å². The largest absolute Gasteiger partial charge is 0.377 e. The normalized spacial score (nSPS) is 24.6. The summed E-state index contributed by atoms with van der Waals surface area (Å²) in [5.74, 6) is 0. The van der Waals surface area contributed by atoms with Gasteiger partial charge in [0.15, 0.2) is 0 Å². The lowest BCUT2D eigenvalue weighted by Gasteiger charge is -2.14. The molecule has 0 aromatic carbocycles. The van der Waals surface area contributed by atoms with Crippen LogP contribution in [0.25, 0.3) is 0 Å². The molecular weight excluding hydrogens is 150 g/mol. The summed E-state index contributed by atoms with van der Waals surface area (Å²) in [6.45, 7) is 10.1. The van der Waals surface area contributed by atoms with Crippen molar-refractivity contribution in [2.75, 3.05) is 26.2 Å². The van der Waals surface area contributed by atoms with Gasteiger partial charge in [-0.05, 0) is 19.8 Å². The number of rotatable bonds is 5. The van der Waals surface area contributed by atoms with Crippen LogP contribution in [0.3, 0.4) is 0 Å². The van der Waals surface area contributed by atoms with Gasteiger partial charge in [-0.15, -0.1) is 6.58 Å². The predicted octanol–water partition coefficient (Wildman–Crippen LogP) is 1.67. The van der Waals surface area contributed by atoms with Crippen molar-refractivity contribution in [1.29, 1.82) is 0 Å². The summed E-state index contributed by atoms with van der Waals surface area (Å²) in [5, 5.41) is 0. The van der Waals surface area contributed by atoms with Gasteiger partial charge in [0.05, 0.1) is 6.10 Å². The third-order valence-electron chi connectivity index (χ3n) is 2.28. The quantitative estimate of drug-likeness (QED) is 0.580. The van der Waals surface area contributed by atoms with E-state index in [4.69, 9.17) is 4.74 Å². The van der Waals surface area contributed by atoms with Crippen LogP contribution in [0.4, 0.5) is 0 Å². The Morgan fingerprint density at radius 1 is 1.67 bits per heavy atom. The Labute approximate surface area is 75.2 Å². The Hall–Kier alpha value is -0.340. The minimum atomic E-state index is 0.486. The Kier molecular flexibility index (Phi) is 4.33. The zero-order valence-electron chi connectivity index (χ0n) is 7.96. The Balaban J connectivity index is 2.12. The van der Waals surface area contributed by atoms with E-state index < -0.39 is 0 Å². The van der Waals surface area contributed by atoms with E-state index in [1.807, 2.05) is 6.08 Å². The SMILES string of the molecule is C=CCCN1CCC(OCC)C1. The summed E-state index contributed by atoms with van der Waals surface area (Å²) in [6, 6.07) is 0. The fourth-order valence-corrected chi connectivity index (χ4v) is 1.65. The smallest absolute Gasteiger partial charge is 0.0714 e. The van der Waals surface area contributed by atoms with E-state index in [2.05, 4.69) is 18.4 Å². The number of hydrogen-bond donors (Lipinski definition) is 0. The number of hydrogen-bond acceptors (Lipinski definition) is 2. The molecule has 0 bridgehead atoms. The molecule has 1 heterocycles. The van der Waals surface area contributed by atoms with Crippen LogP contribution in [0.5, 0.6) is 0 Å². The molecule has 1 unspecified atom stereocenters. The number of ether oxygens (including phenoxy) is 1. The van der Waals surface area contributed by atoms with E-state index in [1.165, 1.54) is 13.0 Å². The molecule has 2 heteroatoms. The summed E-state index contributed by atoms with van der Waals surface area (Å²) < 4.78 is 5.55. The molecule has 1 saturated heterocycles. The third kappa shape index (κ3) is 2.95. The van der Waals surface area contributed by atoms with Gasteiger partial charge in [-0.1, -0.05) is 6.08 Å². The van der Waals surface area contributed by atoms with Crippen LogP contribution >= 0.6 is 0 Å². The standard InChI is InChI=1S/C10H19NO/c1-3-5-7-11-8-6-10(9-11)12-4-2/h3,10H,1,4-9H2,2H3. The lowest BCUT2D eigenvalue weighted by molar-refractivity contribution is 0.0691. The van der Waals surface area contributed by atoms with Crippen molar-refractivity contribution < 1.29 is 4.74 Å². The summed E-state index contributed by atoms with van der Waals surface area (Å²) in [5.41, 5.74) is 0. The first kappa shape index (κ1) is 9.75. The summed E-state index contributed by atoms with van der Waals surface area (Å²) >= 11 is 0. The molecule has 1 fully saturated rings. The Morgan fingerprint density at radius 3 is 3.17 bits per heavy atom. The number of nitrogens with zero attached hydrogens (tertiary/aromatic N) is 1. The molecule has 1 aliphatic rings. The molecule has 0 amide bonds. The van der Waals surface area contributed by atoms with Gasteiger partial charge in [0.2, 0.25) is 0 Å². The van der Waals surface area contributed by atoms with Crippen LogP contribution < -0.4 is 0 Å². The maximum atomic E-state index is 5.55. The van der Waals surface area contributed by atoms with Gasteiger partial charge in [-0.25, -0.2) is 0 Å². The molecule has 0 radical (unpaired) electrons. The molecule has 0 N–H and O–H groups in total. The van der Waals surface area contributed by atoms with Crippen LogP contribution in [-0.2, 0) is 4.74 Å². The average molecular weight is 169 g/mol. The highest BCUT2D eigenvalue weighted by molar-refractivity contribution is 4.78. The first-order chi connectivity index (χ1) is 5.86. The molecule has 0 spiro atoms. The minimum Gasteiger partial charge on any atom is -0.377 e. The van der Waals surface area contributed by atoms with E-state index in [-0.39, 0.29) is 0 Å². The first-order valence-corrected chi connectivity index (χ1v) is 4.81. The molecule has 0 aliphatic carbocycles. The van der Waals surface area contributed by atoms with E-state index in [0.717, 1.165) is 26.1 Å². The van der Waals surface area contributed by atoms with E-state index in [0.29, 0.717) is 6.10 Å². The molecule has 12 heavy (non-hydrogen) atoms. The van der Waals surface area contributed by atoms with Crippen molar-refractivity contribution >= 4 is 0 Å². The third-order valence-corrected chi connectivity index (χ3v) is 2.28. The molecule has 0 aromatic heterocycles. The van der Waals surface area contributed by atoms with E-state index in [9.17, 15) is 0 Å². The van der Waals surface area contributed by atoms with Gasteiger partial charge in [0, 0.05) is 26.2 Å². The van der Waals surface area contributed by atoms with Gasteiger partial charge < -0.3 is 9.64 Å². The fourth-order valence-electron chi connectivity index (χ4n) is 1.65. The van der Waals surface area contributed by atoms with E-state index >= 15 is 0 Å². The number of likely N-dealkylation sites (tertiary alicyclic amines) is 1. The molecular formula is C10H19NO. The second-order valence-electron chi connectivity index (χ2n) is 3.24. The van der Waals surface area contributed by atoms with Gasteiger partial charge in [-0.3, -0.25) is 0 Å². The zero-order chi connectivity index (χ0) is 8.81. The molecule has 1 atom stereocenters. The monoisotopic (exact) mass is 169 g/mol. The zero-order valence-corrected chi connectivity index (χ0v) is 7.96. The van der Waals surface area contributed by atoms with E-state index in [1.54, 1.807) is 0 Å². The Bertz CT molecular complexity index is 136. The van der Waals surface area contributed by atoms with Crippen molar-refractivity contribution in [3.8, 4) is 0 Å². The first-order valence-electron chi connectivity index (χ1n) is 4.81. The molecule has 0 saturated carbocycles. The van der Waals surface area contributed by atoms with Gasteiger partial charge >= 0.3 is 0 Å². The highest BCUT2D eigenvalue weighted by atomic mass is 16.5. The van der Waals surface area contributed by atoms with Crippen LogP contribution in [0, 0.1) is 0 Å². The van der Waals surface area contributed by atoms with Crippen molar-refractivity contribution in [1.82, 2.24) is 4.90 Å². The fraction of sp³-hybridized carbons (Fsp3) is 0.800. The van der Waals surface area contributed by atoms with Crippen molar-refractivity contribution in [2.45, 2.75) is 25.9 Å². The summed E-state index contributed by atoms with van der Waals surface area (Å²) in [7, 11) is 0. The summed E-state index contributed by atoms with van der Waals surface area (Å²) in [6.07, 6.45) is 4.76. The van der Waals surface area contributed by atoms with Crippen LogP contribution in [-0.4, -0.2) is 37.2 Å². The average Bonchev–Trinajstić information content (AvgIpc) is 2.50. The molecule has 0 aromatic rings.